The maximum absolute atomic E-state index is 11.0. The predicted molar refractivity (Wildman–Crippen MR) is 63.5 cm³/mol. The van der Waals surface area contributed by atoms with Crippen LogP contribution in [0.25, 0.3) is 0 Å². The molecule has 0 radical (unpaired) electrons. The SMILES string of the molecule is CC(C)Oc1c(Br)c(Br)n(C)c1C(=O)O. The van der Waals surface area contributed by atoms with Gasteiger partial charge in [-0.1, -0.05) is 0 Å². The minimum atomic E-state index is -1.01. The van der Waals surface area contributed by atoms with Gasteiger partial charge in [-0.15, -0.1) is 0 Å². The van der Waals surface area contributed by atoms with Gasteiger partial charge in [0.15, 0.2) is 11.4 Å². The molecule has 84 valence electrons. The summed E-state index contributed by atoms with van der Waals surface area (Å²) < 4.78 is 8.25. The first kappa shape index (κ1) is 12.6. The third-order valence-corrected chi connectivity index (χ3v) is 3.98. The number of aromatic carboxylic acids is 1. The second kappa shape index (κ2) is 4.57. The van der Waals surface area contributed by atoms with Crippen LogP contribution in [0.3, 0.4) is 0 Å². The Morgan fingerprint density at radius 3 is 2.40 bits per heavy atom. The number of rotatable bonds is 3. The largest absolute Gasteiger partial charge is 0.487 e. The molecule has 0 aliphatic carbocycles. The van der Waals surface area contributed by atoms with Gasteiger partial charge in [-0.05, 0) is 45.7 Å². The number of carboxylic acid groups (broad SMARTS) is 1. The van der Waals surface area contributed by atoms with Crippen LogP contribution in [-0.2, 0) is 7.05 Å². The van der Waals surface area contributed by atoms with E-state index < -0.39 is 5.97 Å². The number of nitrogens with zero attached hydrogens (tertiary/aromatic N) is 1. The Morgan fingerprint density at radius 1 is 1.47 bits per heavy atom. The quantitative estimate of drug-likeness (QED) is 0.920. The molecule has 6 heteroatoms. The van der Waals surface area contributed by atoms with Crippen LogP contribution in [-0.4, -0.2) is 21.7 Å². The third kappa shape index (κ3) is 2.36. The number of hydrogen-bond acceptors (Lipinski definition) is 2. The summed E-state index contributed by atoms with van der Waals surface area (Å²) in [4.78, 5) is 11.0. The van der Waals surface area contributed by atoms with Gasteiger partial charge in [-0.25, -0.2) is 4.79 Å². The zero-order chi connectivity index (χ0) is 11.7. The van der Waals surface area contributed by atoms with E-state index in [2.05, 4.69) is 31.9 Å². The first-order valence-electron chi connectivity index (χ1n) is 4.29. The number of aromatic nitrogens is 1. The highest BCUT2D eigenvalue weighted by molar-refractivity contribution is 9.13. The molecule has 0 spiro atoms. The maximum Gasteiger partial charge on any atom is 0.356 e. The molecule has 1 N–H and O–H groups in total. The normalized spacial score (nSPS) is 10.8. The molecule has 0 atom stereocenters. The van der Waals surface area contributed by atoms with Gasteiger partial charge in [0, 0.05) is 7.05 Å². The molecule has 1 aromatic rings. The van der Waals surface area contributed by atoms with E-state index in [0.717, 1.165) is 0 Å². The van der Waals surface area contributed by atoms with Crippen molar-refractivity contribution in [3.63, 3.8) is 0 Å². The summed E-state index contributed by atoms with van der Waals surface area (Å²) in [5.41, 5.74) is 0.127. The lowest BCUT2D eigenvalue weighted by atomic mass is 10.4. The summed E-state index contributed by atoms with van der Waals surface area (Å²) in [6.45, 7) is 3.69. The average molecular weight is 341 g/mol. The number of carbonyl (C=O) groups is 1. The van der Waals surface area contributed by atoms with Crippen molar-refractivity contribution in [3.05, 3.63) is 14.8 Å². The second-order valence-electron chi connectivity index (χ2n) is 3.31. The fourth-order valence-corrected chi connectivity index (χ4v) is 2.08. The zero-order valence-electron chi connectivity index (χ0n) is 8.54. The lowest BCUT2D eigenvalue weighted by Crippen LogP contribution is -2.11. The monoisotopic (exact) mass is 339 g/mol. The molecule has 1 rings (SSSR count). The Labute approximate surface area is 104 Å². The zero-order valence-corrected chi connectivity index (χ0v) is 11.7. The highest BCUT2D eigenvalue weighted by Crippen LogP contribution is 2.38. The van der Waals surface area contributed by atoms with Gasteiger partial charge in [0.05, 0.1) is 10.6 Å². The molecular formula is C9H11Br2NO3. The van der Waals surface area contributed by atoms with Crippen molar-refractivity contribution in [2.24, 2.45) is 7.05 Å². The van der Waals surface area contributed by atoms with Crippen LogP contribution < -0.4 is 4.74 Å². The standard InChI is InChI=1S/C9H11Br2NO3/c1-4(2)15-7-5(10)8(11)12(3)6(7)9(13)14/h4H,1-3H3,(H,13,14). The number of hydrogen-bond donors (Lipinski definition) is 1. The number of ether oxygens (including phenoxy) is 1. The Bertz CT molecular complexity index is 399. The van der Waals surface area contributed by atoms with Crippen molar-refractivity contribution in [2.45, 2.75) is 20.0 Å². The molecule has 0 bridgehead atoms. The minimum absolute atomic E-state index is 0.0753. The summed E-state index contributed by atoms with van der Waals surface area (Å²) >= 11 is 6.57. The molecule has 4 nitrogen and oxygen atoms in total. The molecule has 0 saturated carbocycles. The smallest absolute Gasteiger partial charge is 0.356 e. The van der Waals surface area contributed by atoms with Gasteiger partial charge in [0.25, 0.3) is 0 Å². The lowest BCUT2D eigenvalue weighted by Gasteiger charge is -2.09. The second-order valence-corrected chi connectivity index (χ2v) is 4.86. The third-order valence-electron chi connectivity index (χ3n) is 1.78. The first-order chi connectivity index (χ1) is 6.86. The minimum Gasteiger partial charge on any atom is -0.487 e. The molecule has 0 aliphatic rings. The Kier molecular flexibility index (Phi) is 3.83. The molecule has 0 fully saturated rings. The fourth-order valence-electron chi connectivity index (χ4n) is 1.18. The van der Waals surface area contributed by atoms with Crippen molar-refractivity contribution in [1.82, 2.24) is 4.57 Å². The Hall–Kier alpha value is -0.490. The summed E-state index contributed by atoms with van der Waals surface area (Å²) in [6, 6.07) is 0. The van der Waals surface area contributed by atoms with Gasteiger partial charge >= 0.3 is 5.97 Å². The van der Waals surface area contributed by atoms with Crippen LogP contribution in [0.1, 0.15) is 24.3 Å². The molecular weight excluding hydrogens is 330 g/mol. The Balaban J connectivity index is 3.34. The predicted octanol–water partition coefficient (Wildman–Crippen LogP) is 3.04. The van der Waals surface area contributed by atoms with Crippen LogP contribution in [0.2, 0.25) is 0 Å². The van der Waals surface area contributed by atoms with Crippen LogP contribution in [0, 0.1) is 0 Å². The Morgan fingerprint density at radius 2 is 2.00 bits per heavy atom. The summed E-state index contributed by atoms with van der Waals surface area (Å²) in [5, 5.41) is 9.05. The number of carboxylic acids is 1. The van der Waals surface area contributed by atoms with E-state index in [4.69, 9.17) is 9.84 Å². The molecule has 0 aliphatic heterocycles. The maximum atomic E-state index is 11.0. The van der Waals surface area contributed by atoms with E-state index in [1.165, 1.54) is 4.57 Å². The number of halogens is 2. The fraction of sp³-hybridized carbons (Fsp3) is 0.444. The van der Waals surface area contributed by atoms with Crippen molar-refractivity contribution in [3.8, 4) is 5.75 Å². The van der Waals surface area contributed by atoms with Crippen molar-refractivity contribution in [2.75, 3.05) is 0 Å². The van der Waals surface area contributed by atoms with Gasteiger partial charge in [0.2, 0.25) is 0 Å². The van der Waals surface area contributed by atoms with Crippen molar-refractivity contribution in [1.29, 1.82) is 0 Å². The van der Waals surface area contributed by atoms with Crippen LogP contribution in [0.5, 0.6) is 5.75 Å². The van der Waals surface area contributed by atoms with Gasteiger partial charge in [0.1, 0.15) is 4.60 Å². The average Bonchev–Trinajstić information content (AvgIpc) is 2.30. The van der Waals surface area contributed by atoms with E-state index in [1.54, 1.807) is 7.05 Å². The van der Waals surface area contributed by atoms with E-state index in [9.17, 15) is 4.79 Å². The van der Waals surface area contributed by atoms with Crippen LogP contribution >= 0.6 is 31.9 Å². The highest BCUT2D eigenvalue weighted by Gasteiger charge is 2.24. The first-order valence-corrected chi connectivity index (χ1v) is 5.88. The molecule has 0 saturated heterocycles. The van der Waals surface area contributed by atoms with Crippen LogP contribution in [0.4, 0.5) is 0 Å². The van der Waals surface area contributed by atoms with E-state index in [0.29, 0.717) is 14.8 Å². The lowest BCUT2D eigenvalue weighted by molar-refractivity contribution is 0.0679. The van der Waals surface area contributed by atoms with Gasteiger partial charge in [-0.2, -0.15) is 0 Å². The molecule has 0 amide bonds. The summed E-state index contributed by atoms with van der Waals surface area (Å²) in [7, 11) is 1.66. The molecule has 0 unspecified atom stereocenters. The summed E-state index contributed by atoms with van der Waals surface area (Å²) in [5.74, 6) is -0.661. The highest BCUT2D eigenvalue weighted by atomic mass is 79.9. The molecule has 15 heavy (non-hydrogen) atoms. The molecule has 1 heterocycles. The van der Waals surface area contributed by atoms with Crippen molar-refractivity contribution < 1.29 is 14.6 Å². The summed E-state index contributed by atoms with van der Waals surface area (Å²) in [6.07, 6.45) is -0.0753. The molecule has 1 aromatic heterocycles. The molecule has 0 aromatic carbocycles. The van der Waals surface area contributed by atoms with E-state index >= 15 is 0 Å². The van der Waals surface area contributed by atoms with E-state index in [1.807, 2.05) is 13.8 Å². The van der Waals surface area contributed by atoms with Crippen LogP contribution in [0.15, 0.2) is 9.08 Å². The topological polar surface area (TPSA) is 51.5 Å². The van der Waals surface area contributed by atoms with Gasteiger partial charge < -0.3 is 14.4 Å². The van der Waals surface area contributed by atoms with Gasteiger partial charge in [-0.3, -0.25) is 0 Å². The van der Waals surface area contributed by atoms with Crippen molar-refractivity contribution >= 4 is 37.8 Å². The van der Waals surface area contributed by atoms with E-state index in [-0.39, 0.29) is 11.8 Å².